The smallest absolute Gasteiger partial charge is 0.249 e. The van der Waals surface area contributed by atoms with Gasteiger partial charge in [-0.3, -0.25) is 9.59 Å². The van der Waals surface area contributed by atoms with Gasteiger partial charge < -0.3 is 25.1 Å². The van der Waals surface area contributed by atoms with Crippen molar-refractivity contribution in [3.05, 3.63) is 70.7 Å². The number of carbonyl (C=O) groups excluding carboxylic acids is 2. The molecule has 0 aliphatic carbocycles. The summed E-state index contributed by atoms with van der Waals surface area (Å²) in [5.41, 5.74) is 9.38. The number of hydrogen-bond acceptors (Lipinski definition) is 6. The molecule has 0 fully saturated rings. The van der Waals surface area contributed by atoms with Crippen LogP contribution >= 0.6 is 0 Å². The Kier molecular flexibility index (Phi) is 9.72. The minimum atomic E-state index is -0.657. The molecule has 0 aliphatic heterocycles. The van der Waals surface area contributed by atoms with Crippen LogP contribution < -0.4 is 15.8 Å². The Morgan fingerprint density at radius 1 is 1.15 bits per heavy atom. The van der Waals surface area contributed by atoms with Crippen LogP contribution in [0.2, 0.25) is 0 Å². The Morgan fingerprint density at radius 3 is 2.35 bits per heavy atom. The van der Waals surface area contributed by atoms with Gasteiger partial charge in [-0.25, -0.2) is 4.98 Å². The predicted molar refractivity (Wildman–Crippen MR) is 154 cm³/mol. The molecule has 0 spiro atoms. The lowest BCUT2D eigenvalue weighted by Gasteiger charge is -2.24. The maximum Gasteiger partial charge on any atom is 0.249 e. The van der Waals surface area contributed by atoms with Crippen molar-refractivity contribution in [2.75, 3.05) is 20.3 Å². The van der Waals surface area contributed by atoms with Gasteiger partial charge in [-0.15, -0.1) is 0 Å². The number of methoxy groups -OCH3 is 1. The van der Waals surface area contributed by atoms with Gasteiger partial charge in [-0.1, -0.05) is 45.0 Å². The van der Waals surface area contributed by atoms with Crippen LogP contribution in [0.25, 0.3) is 11.3 Å². The summed E-state index contributed by atoms with van der Waals surface area (Å²) in [4.78, 5) is 29.6. The maximum absolute atomic E-state index is 12.5. The van der Waals surface area contributed by atoms with Gasteiger partial charge in [0.05, 0.1) is 17.4 Å². The van der Waals surface area contributed by atoms with Gasteiger partial charge >= 0.3 is 0 Å². The molecule has 2 aromatic carbocycles. The Morgan fingerprint density at radius 2 is 1.82 bits per heavy atom. The van der Waals surface area contributed by atoms with Gasteiger partial charge in [-0.05, 0) is 43.5 Å². The fraction of sp³-hybridized carbons (Fsp3) is 0.419. The largest absolute Gasteiger partial charge is 0.490 e. The third kappa shape index (κ3) is 7.27. The number of nitrogens with zero attached hydrogens (tertiary/aromatic N) is 3. The van der Waals surface area contributed by atoms with Crippen molar-refractivity contribution in [3.63, 3.8) is 0 Å². The second-order valence-corrected chi connectivity index (χ2v) is 11.2. The van der Waals surface area contributed by atoms with E-state index in [-0.39, 0.29) is 41.7 Å². The molecule has 212 valence electrons. The number of amides is 2. The highest BCUT2D eigenvalue weighted by Gasteiger charge is 2.26. The average molecular weight is 546 g/mol. The summed E-state index contributed by atoms with van der Waals surface area (Å²) in [5, 5.41) is 13.0. The lowest BCUT2D eigenvalue weighted by Crippen LogP contribution is -2.33. The van der Waals surface area contributed by atoms with Gasteiger partial charge in [0.1, 0.15) is 24.3 Å². The number of primary amides is 1. The minimum Gasteiger partial charge on any atom is -0.490 e. The topological polar surface area (TPSA) is 132 Å². The highest BCUT2D eigenvalue weighted by molar-refractivity contribution is 5.95. The normalized spacial score (nSPS) is 12.2. The summed E-state index contributed by atoms with van der Waals surface area (Å²) in [6.45, 7) is 10.2. The molecule has 0 saturated heterocycles. The van der Waals surface area contributed by atoms with Crippen LogP contribution in [0.5, 0.6) is 5.75 Å². The molecule has 9 nitrogen and oxygen atoms in total. The first-order valence-corrected chi connectivity index (χ1v) is 13.3. The first kappa shape index (κ1) is 30.4. The molecule has 9 heteroatoms. The number of aromatic nitrogens is 2. The predicted octanol–water partition coefficient (Wildman–Crippen LogP) is 4.23. The van der Waals surface area contributed by atoms with Gasteiger partial charge in [-0.2, -0.15) is 5.26 Å². The molecule has 0 radical (unpaired) electrons. The third-order valence-electron chi connectivity index (χ3n) is 6.46. The van der Waals surface area contributed by atoms with Gasteiger partial charge in [0.2, 0.25) is 11.8 Å². The molecule has 40 heavy (non-hydrogen) atoms. The first-order valence-electron chi connectivity index (χ1n) is 13.3. The van der Waals surface area contributed by atoms with Crippen molar-refractivity contribution >= 4 is 11.8 Å². The van der Waals surface area contributed by atoms with E-state index in [4.69, 9.17) is 20.2 Å². The minimum absolute atomic E-state index is 0.0855. The van der Waals surface area contributed by atoms with Gasteiger partial charge in [0.25, 0.3) is 0 Å². The van der Waals surface area contributed by atoms with Crippen LogP contribution in [-0.4, -0.2) is 47.7 Å². The van der Waals surface area contributed by atoms with E-state index in [9.17, 15) is 14.9 Å². The highest BCUT2D eigenvalue weighted by atomic mass is 16.5. The van der Waals surface area contributed by atoms with Gasteiger partial charge in [0, 0.05) is 49.4 Å². The number of ether oxygens (including phenoxy) is 2. The number of benzene rings is 2. The van der Waals surface area contributed by atoms with E-state index in [1.54, 1.807) is 12.1 Å². The van der Waals surface area contributed by atoms with Gasteiger partial charge in [0.15, 0.2) is 0 Å². The molecule has 3 N–H and O–H groups in total. The van der Waals surface area contributed by atoms with Crippen LogP contribution in [0.4, 0.5) is 0 Å². The lowest BCUT2D eigenvalue weighted by molar-refractivity contribution is -0.124. The van der Waals surface area contributed by atoms with Crippen molar-refractivity contribution in [2.45, 2.75) is 58.5 Å². The van der Waals surface area contributed by atoms with Crippen LogP contribution in [0, 0.1) is 11.3 Å². The van der Waals surface area contributed by atoms with E-state index < -0.39 is 11.8 Å². The fourth-order valence-electron chi connectivity index (χ4n) is 4.80. The molecule has 0 aliphatic rings. The van der Waals surface area contributed by atoms with E-state index in [0.717, 1.165) is 22.6 Å². The zero-order valence-corrected chi connectivity index (χ0v) is 24.4. The Labute approximate surface area is 236 Å². The standard InChI is InChI=1S/C31H39N5O4/c1-19(2)40-26-13-12-23(29(33)38)28(24(26)15-32)22(16-34-27(37)18-39-7)14-20-8-10-21(11-9-20)25-17-36(6)30(35-25)31(3,4)5/h8-13,17,19,22H,14,16,18H2,1-7H3,(H2,33,38)(H,34,37)/t22-/m1/s1. The molecule has 1 aromatic heterocycles. The summed E-state index contributed by atoms with van der Waals surface area (Å²) in [7, 11) is 3.44. The van der Waals surface area contributed by atoms with Crippen molar-refractivity contribution in [1.82, 2.24) is 14.9 Å². The summed E-state index contributed by atoms with van der Waals surface area (Å²) >= 11 is 0. The quantitative estimate of drug-likeness (QED) is 0.371. The molecule has 3 aromatic rings. The van der Waals surface area contributed by atoms with E-state index >= 15 is 0 Å². The molecule has 3 rings (SSSR count). The summed E-state index contributed by atoms with van der Waals surface area (Å²) < 4.78 is 12.9. The SMILES string of the molecule is COCC(=O)NC[C@@H](Cc1ccc(-c2cn(C)c(C(C)(C)C)n2)cc1)c1c(C(N)=O)ccc(OC(C)C)c1C#N. The number of aryl methyl sites for hydroxylation is 1. The molecule has 0 bridgehead atoms. The zero-order valence-electron chi connectivity index (χ0n) is 24.4. The van der Waals surface area contributed by atoms with E-state index in [2.05, 4.69) is 32.2 Å². The fourth-order valence-corrected chi connectivity index (χ4v) is 4.80. The number of nitrogens with one attached hydrogen (secondary N) is 1. The van der Waals surface area contributed by atoms with Crippen molar-refractivity contribution in [1.29, 1.82) is 5.26 Å². The summed E-state index contributed by atoms with van der Waals surface area (Å²) in [5.74, 6) is -0.0463. The van der Waals surface area contributed by atoms with E-state index in [1.165, 1.54) is 7.11 Å². The Hall–Kier alpha value is -4.16. The van der Waals surface area contributed by atoms with Crippen molar-refractivity contribution in [2.24, 2.45) is 12.8 Å². The Balaban J connectivity index is 2.03. The molecule has 1 heterocycles. The van der Waals surface area contributed by atoms with E-state index in [0.29, 0.717) is 17.7 Å². The molecule has 0 saturated carbocycles. The van der Waals surface area contributed by atoms with Crippen LogP contribution in [0.3, 0.4) is 0 Å². The average Bonchev–Trinajstić information content (AvgIpc) is 3.28. The van der Waals surface area contributed by atoms with Crippen LogP contribution in [0.15, 0.2) is 42.6 Å². The van der Waals surface area contributed by atoms with Crippen molar-refractivity contribution < 1.29 is 19.1 Å². The van der Waals surface area contributed by atoms with Crippen LogP contribution in [0.1, 0.15) is 73.4 Å². The second kappa shape index (κ2) is 12.8. The molecule has 1 atom stereocenters. The summed E-state index contributed by atoms with van der Waals surface area (Å²) in [6.07, 6.45) is 2.27. The Bertz CT molecular complexity index is 1390. The third-order valence-corrected chi connectivity index (χ3v) is 6.46. The highest BCUT2D eigenvalue weighted by Crippen LogP contribution is 2.34. The number of imidazole rings is 1. The number of rotatable bonds is 11. The molecular formula is C31H39N5O4. The maximum atomic E-state index is 12.5. The second-order valence-electron chi connectivity index (χ2n) is 11.2. The lowest BCUT2D eigenvalue weighted by atomic mass is 9.84. The van der Waals surface area contributed by atoms with Crippen molar-refractivity contribution in [3.8, 4) is 23.1 Å². The number of hydrogen-bond donors (Lipinski definition) is 2. The number of carbonyl (C=O) groups is 2. The molecular weight excluding hydrogens is 506 g/mol. The monoisotopic (exact) mass is 545 g/mol. The molecule has 2 amide bonds. The number of nitrogens with two attached hydrogens (primary N) is 1. The molecule has 0 unspecified atom stereocenters. The van der Waals surface area contributed by atoms with Crippen LogP contribution in [-0.2, 0) is 28.4 Å². The first-order chi connectivity index (χ1) is 18.8. The van der Waals surface area contributed by atoms with E-state index in [1.807, 2.05) is 55.9 Å². The summed E-state index contributed by atoms with van der Waals surface area (Å²) in [6, 6.07) is 13.4. The number of nitriles is 1. The zero-order chi connectivity index (χ0) is 29.6.